The molecule has 9 heteroatoms. The molecule has 1 aromatic heterocycles. The maximum atomic E-state index is 11.9. The van der Waals surface area contributed by atoms with Crippen LogP contribution in [-0.4, -0.2) is 40.2 Å². The Morgan fingerprint density at radius 1 is 1.43 bits per heavy atom. The molecule has 0 radical (unpaired) electrons. The second-order valence-corrected chi connectivity index (χ2v) is 5.49. The lowest BCUT2D eigenvalue weighted by Crippen LogP contribution is -2.07. The van der Waals surface area contributed by atoms with Crippen molar-refractivity contribution in [3.63, 3.8) is 0 Å². The van der Waals surface area contributed by atoms with Gasteiger partial charge in [-0.15, -0.1) is 5.10 Å². The summed E-state index contributed by atoms with van der Waals surface area (Å²) >= 11 is 6.68. The molecule has 0 aliphatic carbocycles. The van der Waals surface area contributed by atoms with Crippen LogP contribution in [0.1, 0.15) is 17.4 Å². The lowest BCUT2D eigenvalue weighted by Gasteiger charge is -2.11. The smallest absolute Gasteiger partial charge is 0.361 e. The lowest BCUT2D eigenvalue weighted by molar-refractivity contribution is 0.0520. The van der Waals surface area contributed by atoms with Crippen LogP contribution in [-0.2, 0) is 4.74 Å². The normalized spacial score (nSPS) is 10.5. The quantitative estimate of drug-likeness (QED) is 0.738. The Hall–Kier alpha value is -1.61. The fraction of sp³-hybridized carbons (Fsp3) is 0.250. The Bertz CT molecular complexity index is 687. The minimum Gasteiger partial charge on any atom is -0.504 e. The minimum absolute atomic E-state index is 0.0204. The van der Waals surface area contributed by atoms with Crippen LogP contribution in [0.5, 0.6) is 11.5 Å². The van der Waals surface area contributed by atoms with Crippen molar-refractivity contribution in [3.8, 4) is 22.8 Å². The van der Waals surface area contributed by atoms with Crippen LogP contribution in [0, 0.1) is 0 Å². The standard InChI is InChI=1S/C12H11Br2N3O4/c1-3-21-12(19)10-9(15-17-16-10)7-8(14)5(13)4-6(20-2)11(7)18/h4,18H,3H2,1-2H3,(H,15,16,17). The molecule has 0 unspecified atom stereocenters. The predicted molar refractivity (Wildman–Crippen MR) is 81.4 cm³/mol. The largest absolute Gasteiger partial charge is 0.504 e. The van der Waals surface area contributed by atoms with Gasteiger partial charge in [0.15, 0.2) is 17.2 Å². The van der Waals surface area contributed by atoms with E-state index in [1.165, 1.54) is 7.11 Å². The first-order valence-electron chi connectivity index (χ1n) is 5.84. The van der Waals surface area contributed by atoms with Crippen LogP contribution in [0.15, 0.2) is 15.0 Å². The van der Waals surface area contributed by atoms with Crippen molar-refractivity contribution in [1.29, 1.82) is 0 Å². The minimum atomic E-state index is -0.633. The number of carbonyl (C=O) groups is 1. The molecule has 0 amide bonds. The number of hydrogen-bond donors (Lipinski definition) is 2. The van der Waals surface area contributed by atoms with E-state index < -0.39 is 5.97 Å². The van der Waals surface area contributed by atoms with Crippen molar-refractivity contribution >= 4 is 37.8 Å². The van der Waals surface area contributed by atoms with E-state index in [1.807, 2.05) is 0 Å². The number of halogens is 2. The second-order valence-electron chi connectivity index (χ2n) is 3.84. The van der Waals surface area contributed by atoms with Crippen molar-refractivity contribution in [1.82, 2.24) is 15.4 Å². The van der Waals surface area contributed by atoms with Crippen LogP contribution >= 0.6 is 31.9 Å². The maximum absolute atomic E-state index is 11.9. The van der Waals surface area contributed by atoms with Gasteiger partial charge < -0.3 is 14.6 Å². The Labute approximate surface area is 136 Å². The van der Waals surface area contributed by atoms with E-state index >= 15 is 0 Å². The third kappa shape index (κ3) is 2.88. The molecule has 2 N–H and O–H groups in total. The number of rotatable bonds is 4. The molecular formula is C12H11Br2N3O4. The molecule has 7 nitrogen and oxygen atoms in total. The number of nitrogens with zero attached hydrogens (tertiary/aromatic N) is 2. The third-order valence-electron chi connectivity index (χ3n) is 2.63. The zero-order valence-corrected chi connectivity index (χ0v) is 14.3. The average Bonchev–Trinajstić information content (AvgIpc) is 2.92. The van der Waals surface area contributed by atoms with E-state index in [1.54, 1.807) is 13.0 Å². The highest BCUT2D eigenvalue weighted by atomic mass is 79.9. The zero-order valence-electron chi connectivity index (χ0n) is 11.1. The van der Waals surface area contributed by atoms with Crippen LogP contribution in [0.4, 0.5) is 0 Å². The monoisotopic (exact) mass is 419 g/mol. The first-order valence-corrected chi connectivity index (χ1v) is 7.43. The number of H-pyrrole nitrogens is 1. The van der Waals surface area contributed by atoms with Gasteiger partial charge in [-0.05, 0) is 44.8 Å². The first-order chi connectivity index (χ1) is 10.0. The summed E-state index contributed by atoms with van der Waals surface area (Å²) in [6.45, 7) is 1.90. The van der Waals surface area contributed by atoms with E-state index in [0.29, 0.717) is 8.95 Å². The molecule has 0 saturated heterocycles. The molecule has 0 atom stereocenters. The number of ether oxygens (including phenoxy) is 2. The highest BCUT2D eigenvalue weighted by Crippen LogP contribution is 2.46. The maximum Gasteiger partial charge on any atom is 0.361 e. The van der Waals surface area contributed by atoms with Crippen molar-refractivity contribution in [3.05, 3.63) is 20.7 Å². The molecule has 0 bridgehead atoms. The van der Waals surface area contributed by atoms with Crippen LogP contribution in [0.2, 0.25) is 0 Å². The molecule has 0 saturated carbocycles. The van der Waals surface area contributed by atoms with E-state index in [-0.39, 0.29) is 35.1 Å². The number of esters is 1. The lowest BCUT2D eigenvalue weighted by atomic mass is 10.1. The summed E-state index contributed by atoms with van der Waals surface area (Å²) in [6, 6.07) is 1.59. The van der Waals surface area contributed by atoms with E-state index in [2.05, 4.69) is 47.3 Å². The molecule has 0 aliphatic rings. The first kappa shape index (κ1) is 15.8. The van der Waals surface area contributed by atoms with Gasteiger partial charge in [-0.1, -0.05) is 0 Å². The van der Waals surface area contributed by atoms with Crippen molar-refractivity contribution in [2.75, 3.05) is 13.7 Å². The molecule has 2 rings (SSSR count). The molecule has 21 heavy (non-hydrogen) atoms. The van der Waals surface area contributed by atoms with Crippen LogP contribution < -0.4 is 4.74 Å². The molecule has 1 aromatic carbocycles. The highest BCUT2D eigenvalue weighted by Gasteiger charge is 2.26. The van der Waals surface area contributed by atoms with Gasteiger partial charge in [0.1, 0.15) is 5.69 Å². The molecule has 112 valence electrons. The molecule has 1 heterocycles. The number of nitrogens with one attached hydrogen (secondary N) is 1. The van der Waals surface area contributed by atoms with Crippen molar-refractivity contribution < 1.29 is 19.4 Å². The second kappa shape index (κ2) is 6.44. The van der Waals surface area contributed by atoms with Gasteiger partial charge in [-0.25, -0.2) is 4.79 Å². The molecular weight excluding hydrogens is 410 g/mol. The highest BCUT2D eigenvalue weighted by molar-refractivity contribution is 9.13. The number of phenols is 1. The summed E-state index contributed by atoms with van der Waals surface area (Å²) in [5.74, 6) is -0.559. The molecule has 0 fully saturated rings. The topological polar surface area (TPSA) is 97.3 Å². The summed E-state index contributed by atoms with van der Waals surface area (Å²) in [7, 11) is 1.42. The third-order valence-corrected chi connectivity index (χ3v) is 4.61. The number of phenolic OH excluding ortho intramolecular Hbond substituents is 1. The van der Waals surface area contributed by atoms with E-state index in [9.17, 15) is 9.90 Å². The van der Waals surface area contributed by atoms with Gasteiger partial charge in [-0.2, -0.15) is 10.3 Å². The van der Waals surface area contributed by atoms with Crippen molar-refractivity contribution in [2.24, 2.45) is 0 Å². The number of methoxy groups -OCH3 is 1. The predicted octanol–water partition coefficient (Wildman–Crippen LogP) is 2.89. The van der Waals surface area contributed by atoms with Gasteiger partial charge in [0.05, 0.1) is 19.3 Å². The van der Waals surface area contributed by atoms with E-state index in [0.717, 1.165) is 0 Å². The summed E-state index contributed by atoms with van der Waals surface area (Å²) < 4.78 is 11.1. The van der Waals surface area contributed by atoms with Gasteiger partial charge in [0.25, 0.3) is 0 Å². The molecule has 0 aliphatic heterocycles. The zero-order chi connectivity index (χ0) is 15.6. The summed E-state index contributed by atoms with van der Waals surface area (Å²) in [5, 5.41) is 20.4. The Kier molecular flexibility index (Phi) is 4.84. The Morgan fingerprint density at radius 2 is 2.14 bits per heavy atom. The van der Waals surface area contributed by atoms with Gasteiger partial charge >= 0.3 is 5.97 Å². The van der Waals surface area contributed by atoms with Crippen LogP contribution in [0.3, 0.4) is 0 Å². The van der Waals surface area contributed by atoms with Gasteiger partial charge in [-0.3, -0.25) is 0 Å². The molecule has 0 spiro atoms. The SMILES string of the molecule is CCOC(=O)c1n[nH]nc1-c1c(O)c(OC)cc(Br)c1Br. The number of aromatic hydroxyl groups is 1. The van der Waals surface area contributed by atoms with Gasteiger partial charge in [0.2, 0.25) is 0 Å². The number of aromatic nitrogens is 3. The fourth-order valence-corrected chi connectivity index (χ4v) is 2.61. The number of carbonyl (C=O) groups excluding carboxylic acids is 1. The fourth-order valence-electron chi connectivity index (χ4n) is 1.71. The number of hydrogen-bond acceptors (Lipinski definition) is 6. The summed E-state index contributed by atoms with van der Waals surface area (Å²) in [6.07, 6.45) is 0. The van der Waals surface area contributed by atoms with Crippen molar-refractivity contribution in [2.45, 2.75) is 6.92 Å². The number of benzene rings is 1. The number of aromatic amines is 1. The Morgan fingerprint density at radius 3 is 2.76 bits per heavy atom. The average molecular weight is 421 g/mol. The summed E-state index contributed by atoms with van der Waals surface area (Å²) in [4.78, 5) is 11.9. The van der Waals surface area contributed by atoms with E-state index in [4.69, 9.17) is 9.47 Å². The molecule has 2 aromatic rings. The van der Waals surface area contributed by atoms with Gasteiger partial charge in [0, 0.05) is 8.95 Å². The summed E-state index contributed by atoms with van der Waals surface area (Å²) in [5.41, 5.74) is 0.420. The van der Waals surface area contributed by atoms with Crippen LogP contribution in [0.25, 0.3) is 11.3 Å². The Balaban J connectivity index is 2.65.